The zero-order chi connectivity index (χ0) is 24.0. The van der Waals surface area contributed by atoms with Crippen LogP contribution in [0, 0.1) is 11.3 Å². The van der Waals surface area contributed by atoms with Gasteiger partial charge in [0.1, 0.15) is 5.82 Å². The molecule has 1 atom stereocenters. The Labute approximate surface area is 202 Å². The largest absolute Gasteiger partial charge is 0.416 e. The lowest BCUT2D eigenvalue weighted by Gasteiger charge is -2.41. The molecule has 4 nitrogen and oxygen atoms in total. The summed E-state index contributed by atoms with van der Waals surface area (Å²) in [4.78, 5) is 14.8. The fourth-order valence-corrected chi connectivity index (χ4v) is 5.55. The summed E-state index contributed by atoms with van der Waals surface area (Å²) in [7, 11) is 0. The van der Waals surface area contributed by atoms with E-state index in [4.69, 9.17) is 11.6 Å². The van der Waals surface area contributed by atoms with Gasteiger partial charge in [0.15, 0.2) is 5.78 Å². The van der Waals surface area contributed by atoms with Crippen LogP contribution in [0.4, 0.5) is 18.9 Å². The Morgan fingerprint density at radius 3 is 2.56 bits per heavy atom. The van der Waals surface area contributed by atoms with Crippen molar-refractivity contribution in [2.24, 2.45) is 0 Å². The minimum atomic E-state index is -4.58. The first-order chi connectivity index (χ1) is 16.3. The number of nitriles is 1. The van der Waals surface area contributed by atoms with E-state index in [1.54, 1.807) is 34.0 Å². The summed E-state index contributed by atoms with van der Waals surface area (Å²) in [6.45, 7) is 0. The number of Topliss-reactive ketones (excluding diaryl/α,β-unsaturated/α-hetero) is 1. The monoisotopic (exact) mass is 499 g/mol. The number of alkyl halides is 3. The van der Waals surface area contributed by atoms with Gasteiger partial charge >= 0.3 is 6.18 Å². The summed E-state index contributed by atoms with van der Waals surface area (Å²) in [5.41, 5.74) is 1.34. The molecule has 1 unspecified atom stereocenters. The van der Waals surface area contributed by atoms with Crippen molar-refractivity contribution >= 4 is 40.2 Å². The van der Waals surface area contributed by atoms with Crippen LogP contribution in [0.5, 0.6) is 0 Å². The molecule has 0 fully saturated rings. The molecule has 0 amide bonds. The van der Waals surface area contributed by atoms with Crippen LogP contribution in [0.2, 0.25) is 5.02 Å². The van der Waals surface area contributed by atoms with Gasteiger partial charge in [0.05, 0.1) is 33.8 Å². The third-order valence-electron chi connectivity index (χ3n) is 6.09. The minimum absolute atomic E-state index is 0.0823. The van der Waals surface area contributed by atoms with Gasteiger partial charge in [-0.05, 0) is 65.6 Å². The molecule has 2 aromatic heterocycles. The number of thiophene rings is 1. The standard InChI is InChI=1S/C25H17ClF3N3OS/c26-18-7-6-16(25(27,28)29)12-20(18)32-19-4-3-5-21(33)23(19)22(15-8-11-34-14-15)17(13-30)24(32)31-9-1-2-10-31/h1-2,6-12,14,22H,3-5H2. The molecule has 3 aromatic rings. The number of benzene rings is 1. The van der Waals surface area contributed by atoms with E-state index in [2.05, 4.69) is 6.07 Å². The third-order valence-corrected chi connectivity index (χ3v) is 7.11. The van der Waals surface area contributed by atoms with E-state index in [0.29, 0.717) is 36.4 Å². The number of aromatic nitrogens is 1. The molecule has 3 heterocycles. The summed E-state index contributed by atoms with van der Waals surface area (Å²) in [6, 6.07) is 10.8. The lowest BCUT2D eigenvalue weighted by Crippen LogP contribution is -2.36. The Kier molecular flexibility index (Phi) is 5.62. The van der Waals surface area contributed by atoms with Crippen molar-refractivity contribution in [3.8, 4) is 6.07 Å². The second kappa shape index (κ2) is 8.49. The topological polar surface area (TPSA) is 49.0 Å². The fraction of sp³-hybridized carbons (Fsp3) is 0.200. The lowest BCUT2D eigenvalue weighted by molar-refractivity contribution is -0.137. The fourth-order valence-electron chi connectivity index (χ4n) is 4.67. The van der Waals surface area contributed by atoms with Crippen molar-refractivity contribution in [3.63, 3.8) is 0 Å². The molecule has 0 bridgehead atoms. The Balaban J connectivity index is 1.86. The Morgan fingerprint density at radius 2 is 1.91 bits per heavy atom. The Hall–Kier alpha value is -3.28. The second-order valence-corrected chi connectivity index (χ2v) is 9.25. The summed E-state index contributed by atoms with van der Waals surface area (Å²) < 4.78 is 42.6. The van der Waals surface area contributed by atoms with Gasteiger partial charge in [0.25, 0.3) is 0 Å². The predicted molar refractivity (Wildman–Crippen MR) is 125 cm³/mol. The summed E-state index contributed by atoms with van der Waals surface area (Å²) in [6.07, 6.45) is 0.217. The molecule has 0 saturated heterocycles. The summed E-state index contributed by atoms with van der Waals surface area (Å²) >= 11 is 7.93. The van der Waals surface area contributed by atoms with Crippen LogP contribution in [0.3, 0.4) is 0 Å². The molecule has 5 rings (SSSR count). The smallest absolute Gasteiger partial charge is 0.309 e. The molecule has 1 aromatic carbocycles. The first-order valence-electron chi connectivity index (χ1n) is 10.5. The van der Waals surface area contributed by atoms with Crippen LogP contribution >= 0.6 is 22.9 Å². The van der Waals surface area contributed by atoms with Gasteiger partial charge in [-0.2, -0.15) is 29.8 Å². The van der Waals surface area contributed by atoms with E-state index >= 15 is 0 Å². The van der Waals surface area contributed by atoms with Crippen LogP contribution in [-0.4, -0.2) is 10.4 Å². The number of hydrogen-bond donors (Lipinski definition) is 0. The quantitative estimate of drug-likeness (QED) is 0.382. The maximum Gasteiger partial charge on any atom is 0.416 e. The number of nitrogens with zero attached hydrogens (tertiary/aromatic N) is 3. The van der Waals surface area contributed by atoms with E-state index < -0.39 is 17.7 Å². The number of anilines is 1. The number of rotatable bonds is 3. The maximum absolute atomic E-state index is 13.6. The molecule has 2 aliphatic rings. The van der Waals surface area contributed by atoms with Crippen LogP contribution < -0.4 is 4.90 Å². The van der Waals surface area contributed by atoms with Gasteiger partial charge in [-0.15, -0.1) is 0 Å². The number of ketones is 1. The van der Waals surface area contributed by atoms with E-state index in [0.717, 1.165) is 17.7 Å². The van der Waals surface area contributed by atoms with Crippen molar-refractivity contribution in [1.29, 1.82) is 5.26 Å². The number of carbonyl (C=O) groups excluding carboxylic acids is 1. The highest BCUT2D eigenvalue weighted by atomic mass is 35.5. The predicted octanol–water partition coefficient (Wildman–Crippen LogP) is 7.23. The normalized spacial score (nSPS) is 18.9. The summed E-state index contributed by atoms with van der Waals surface area (Å²) in [5.74, 6) is -0.333. The van der Waals surface area contributed by atoms with Crippen molar-refractivity contribution in [3.05, 3.63) is 92.5 Å². The van der Waals surface area contributed by atoms with Crippen molar-refractivity contribution < 1.29 is 18.0 Å². The van der Waals surface area contributed by atoms with Crippen molar-refractivity contribution in [2.45, 2.75) is 31.4 Å². The number of halogens is 4. The number of carbonyl (C=O) groups is 1. The molecule has 0 N–H and O–H groups in total. The average Bonchev–Trinajstić information content (AvgIpc) is 3.52. The van der Waals surface area contributed by atoms with Gasteiger partial charge in [0.2, 0.25) is 0 Å². The van der Waals surface area contributed by atoms with Crippen LogP contribution in [0.15, 0.2) is 76.4 Å². The third kappa shape index (κ3) is 3.65. The van der Waals surface area contributed by atoms with Crippen molar-refractivity contribution in [1.82, 2.24) is 4.57 Å². The van der Waals surface area contributed by atoms with Crippen LogP contribution in [0.1, 0.15) is 36.3 Å². The zero-order valence-corrected chi connectivity index (χ0v) is 19.2. The highest BCUT2D eigenvalue weighted by Crippen LogP contribution is 2.50. The molecular formula is C25H17ClF3N3OS. The number of allylic oxidation sites excluding steroid dienone is 3. The molecular weight excluding hydrogens is 483 g/mol. The highest BCUT2D eigenvalue weighted by Gasteiger charge is 2.42. The van der Waals surface area contributed by atoms with Crippen molar-refractivity contribution in [2.75, 3.05) is 4.90 Å². The molecule has 0 radical (unpaired) electrons. The van der Waals surface area contributed by atoms with E-state index in [1.807, 2.05) is 16.8 Å². The molecule has 0 spiro atoms. The zero-order valence-electron chi connectivity index (χ0n) is 17.6. The minimum Gasteiger partial charge on any atom is -0.309 e. The molecule has 1 aliphatic carbocycles. The first kappa shape index (κ1) is 22.5. The first-order valence-corrected chi connectivity index (χ1v) is 11.9. The molecule has 0 saturated carbocycles. The second-order valence-electron chi connectivity index (χ2n) is 8.07. The molecule has 1 aliphatic heterocycles. The van der Waals surface area contributed by atoms with Gasteiger partial charge in [-0.3, -0.25) is 9.69 Å². The molecule has 34 heavy (non-hydrogen) atoms. The Bertz CT molecular complexity index is 1370. The van der Waals surface area contributed by atoms with Gasteiger partial charge in [-0.25, -0.2) is 0 Å². The lowest BCUT2D eigenvalue weighted by atomic mass is 9.76. The number of hydrogen-bond acceptors (Lipinski definition) is 4. The van der Waals surface area contributed by atoms with Gasteiger partial charge < -0.3 is 4.57 Å². The summed E-state index contributed by atoms with van der Waals surface area (Å²) in [5, 5.41) is 14.2. The van der Waals surface area contributed by atoms with Crippen LogP contribution in [0.25, 0.3) is 5.82 Å². The maximum atomic E-state index is 13.6. The van der Waals surface area contributed by atoms with Gasteiger partial charge in [-0.1, -0.05) is 11.6 Å². The van der Waals surface area contributed by atoms with E-state index in [-0.39, 0.29) is 22.1 Å². The van der Waals surface area contributed by atoms with E-state index in [9.17, 15) is 23.2 Å². The highest BCUT2D eigenvalue weighted by molar-refractivity contribution is 7.08. The van der Waals surface area contributed by atoms with E-state index in [1.165, 1.54) is 17.4 Å². The SMILES string of the molecule is N#CC1=C(n2cccc2)N(c2cc(C(F)(F)F)ccc2Cl)C2=C(C(=O)CCC2)C1c1ccsc1. The molecule has 9 heteroatoms. The average molecular weight is 500 g/mol. The van der Waals surface area contributed by atoms with Gasteiger partial charge in [0, 0.05) is 30.1 Å². The van der Waals surface area contributed by atoms with Crippen LogP contribution in [-0.2, 0) is 11.0 Å². The Morgan fingerprint density at radius 1 is 1.15 bits per heavy atom. The molecule has 172 valence electrons.